The molecule has 1 rings (SSSR count). The molecule has 0 unspecified atom stereocenters. The Morgan fingerprint density at radius 3 is 2.54 bits per heavy atom. The van der Waals surface area contributed by atoms with Gasteiger partial charge in [-0.25, -0.2) is 4.39 Å². The van der Waals surface area contributed by atoms with E-state index in [1.54, 1.807) is 0 Å². The largest absolute Gasteiger partial charge is 0.387 e. The van der Waals surface area contributed by atoms with Gasteiger partial charge in [0.15, 0.2) is 0 Å². The molecule has 5 heteroatoms. The molecule has 0 heterocycles. The lowest BCUT2D eigenvalue weighted by atomic mass is 10.1. The first-order valence-corrected chi connectivity index (χ1v) is 4.74. The topological polar surface area (TPSA) is 20.2 Å². The van der Waals surface area contributed by atoms with Crippen LogP contribution in [-0.4, -0.2) is 11.0 Å². The van der Waals surface area contributed by atoms with Gasteiger partial charge in [0.1, 0.15) is 5.82 Å². The van der Waals surface area contributed by atoms with E-state index < -0.39 is 11.9 Å². The predicted octanol–water partition coefficient (Wildman–Crippen LogP) is 3.40. The molecular formula is C8H6Cl3FO. The highest BCUT2D eigenvalue weighted by molar-refractivity contribution is 6.36. The molecule has 0 aromatic heterocycles. The number of aliphatic hydroxyl groups is 1. The normalized spacial score (nSPS) is 13.0. The molecule has 0 aliphatic carbocycles. The number of hydrogen-bond acceptors (Lipinski definition) is 1. The van der Waals surface area contributed by atoms with Gasteiger partial charge in [0.25, 0.3) is 0 Å². The van der Waals surface area contributed by atoms with E-state index in [-0.39, 0.29) is 21.5 Å². The van der Waals surface area contributed by atoms with E-state index in [1.165, 1.54) is 6.07 Å². The van der Waals surface area contributed by atoms with E-state index >= 15 is 0 Å². The number of benzene rings is 1. The van der Waals surface area contributed by atoms with Gasteiger partial charge in [-0.2, -0.15) is 0 Å². The minimum absolute atomic E-state index is 0.0805. The van der Waals surface area contributed by atoms with Crippen LogP contribution in [-0.2, 0) is 0 Å². The van der Waals surface area contributed by atoms with E-state index in [4.69, 9.17) is 34.8 Å². The quantitative estimate of drug-likeness (QED) is 0.623. The number of rotatable bonds is 2. The van der Waals surface area contributed by atoms with Crippen LogP contribution in [0.5, 0.6) is 0 Å². The molecule has 1 aromatic rings. The Morgan fingerprint density at radius 1 is 1.38 bits per heavy atom. The van der Waals surface area contributed by atoms with Crippen molar-refractivity contribution in [3.05, 3.63) is 33.6 Å². The first-order valence-electron chi connectivity index (χ1n) is 3.45. The summed E-state index contributed by atoms with van der Waals surface area (Å²) in [6, 6.07) is 2.46. The van der Waals surface area contributed by atoms with Crippen LogP contribution >= 0.6 is 34.8 Å². The Hall–Kier alpha value is -0.0200. The van der Waals surface area contributed by atoms with Crippen molar-refractivity contribution in [1.29, 1.82) is 0 Å². The molecule has 1 aromatic carbocycles. The Morgan fingerprint density at radius 2 is 2.00 bits per heavy atom. The van der Waals surface area contributed by atoms with E-state index in [0.717, 1.165) is 6.07 Å². The van der Waals surface area contributed by atoms with Crippen LogP contribution in [0.1, 0.15) is 11.7 Å². The summed E-state index contributed by atoms with van der Waals surface area (Å²) in [4.78, 5) is 0. The Bertz CT molecular complexity index is 317. The second-order valence-corrected chi connectivity index (χ2v) is 3.52. The summed E-state index contributed by atoms with van der Waals surface area (Å²) >= 11 is 16.7. The van der Waals surface area contributed by atoms with Crippen molar-refractivity contribution in [1.82, 2.24) is 0 Å². The van der Waals surface area contributed by atoms with Crippen molar-refractivity contribution >= 4 is 34.8 Å². The highest BCUT2D eigenvalue weighted by atomic mass is 35.5. The summed E-state index contributed by atoms with van der Waals surface area (Å²) < 4.78 is 12.9. The molecule has 0 spiro atoms. The van der Waals surface area contributed by atoms with Crippen molar-refractivity contribution in [2.75, 3.05) is 5.88 Å². The van der Waals surface area contributed by atoms with Crippen molar-refractivity contribution in [2.24, 2.45) is 0 Å². The Kier molecular flexibility index (Phi) is 3.80. The van der Waals surface area contributed by atoms with Gasteiger partial charge >= 0.3 is 0 Å². The molecular weight excluding hydrogens is 237 g/mol. The van der Waals surface area contributed by atoms with E-state index in [1.807, 2.05) is 0 Å². The third kappa shape index (κ3) is 2.26. The molecule has 0 amide bonds. The Balaban J connectivity index is 3.25. The first-order chi connectivity index (χ1) is 6.07. The zero-order valence-corrected chi connectivity index (χ0v) is 8.67. The first kappa shape index (κ1) is 11.1. The monoisotopic (exact) mass is 242 g/mol. The number of hydrogen-bond donors (Lipinski definition) is 1. The molecule has 0 aliphatic heterocycles. The third-order valence-corrected chi connectivity index (χ3v) is 2.56. The van der Waals surface area contributed by atoms with Crippen LogP contribution in [0.2, 0.25) is 10.0 Å². The molecule has 0 saturated heterocycles. The second kappa shape index (κ2) is 4.47. The van der Waals surface area contributed by atoms with Crippen molar-refractivity contribution in [3.63, 3.8) is 0 Å². The minimum Gasteiger partial charge on any atom is -0.387 e. The average Bonchev–Trinajstić information content (AvgIpc) is 2.12. The summed E-state index contributed by atoms with van der Waals surface area (Å²) in [6.07, 6.45) is -1.04. The lowest BCUT2D eigenvalue weighted by Gasteiger charge is -2.11. The maximum absolute atomic E-state index is 12.9. The van der Waals surface area contributed by atoms with Gasteiger partial charge in [0.2, 0.25) is 0 Å². The van der Waals surface area contributed by atoms with Crippen molar-refractivity contribution in [3.8, 4) is 0 Å². The van der Waals surface area contributed by atoms with E-state index in [0.29, 0.717) is 0 Å². The fraction of sp³-hybridized carbons (Fsp3) is 0.250. The lowest BCUT2D eigenvalue weighted by Crippen LogP contribution is -2.01. The molecule has 0 aliphatic rings. The van der Waals surface area contributed by atoms with Crippen LogP contribution < -0.4 is 0 Å². The summed E-state index contributed by atoms with van der Waals surface area (Å²) in [5.74, 6) is -0.701. The molecule has 0 radical (unpaired) electrons. The summed E-state index contributed by atoms with van der Waals surface area (Å²) in [6.45, 7) is 0. The van der Waals surface area contributed by atoms with Crippen molar-refractivity contribution < 1.29 is 9.50 Å². The van der Waals surface area contributed by atoms with Crippen molar-refractivity contribution in [2.45, 2.75) is 6.10 Å². The average molecular weight is 243 g/mol. The summed E-state index contributed by atoms with van der Waals surface area (Å²) in [7, 11) is 0. The SMILES string of the molecule is O[C@@H](CCl)c1c(Cl)ccc(F)c1Cl. The highest BCUT2D eigenvalue weighted by Crippen LogP contribution is 2.32. The smallest absolute Gasteiger partial charge is 0.142 e. The maximum Gasteiger partial charge on any atom is 0.142 e. The predicted molar refractivity (Wildman–Crippen MR) is 52.1 cm³/mol. The number of halogens is 4. The molecule has 0 bridgehead atoms. The number of aliphatic hydroxyl groups excluding tert-OH is 1. The summed E-state index contributed by atoms with van der Waals surface area (Å²) in [5.41, 5.74) is 0.137. The maximum atomic E-state index is 12.9. The standard InChI is InChI=1S/C8H6Cl3FO/c9-3-6(13)7-4(10)1-2-5(12)8(7)11/h1-2,6,13H,3H2/t6-/m0/s1. The fourth-order valence-corrected chi connectivity index (χ4v) is 1.70. The Labute approximate surface area is 90.0 Å². The highest BCUT2D eigenvalue weighted by Gasteiger charge is 2.17. The van der Waals surface area contributed by atoms with Gasteiger partial charge < -0.3 is 5.11 Å². The van der Waals surface area contributed by atoms with Crippen LogP contribution in [0.3, 0.4) is 0 Å². The second-order valence-electron chi connectivity index (χ2n) is 2.43. The van der Waals surface area contributed by atoms with E-state index in [9.17, 15) is 9.50 Å². The van der Waals surface area contributed by atoms with Crippen LogP contribution in [0, 0.1) is 5.82 Å². The molecule has 1 N–H and O–H groups in total. The van der Waals surface area contributed by atoms with Crippen LogP contribution in [0.15, 0.2) is 12.1 Å². The molecule has 13 heavy (non-hydrogen) atoms. The van der Waals surface area contributed by atoms with Gasteiger partial charge in [0, 0.05) is 10.6 Å². The zero-order chi connectivity index (χ0) is 10.0. The van der Waals surface area contributed by atoms with Gasteiger partial charge in [-0.3, -0.25) is 0 Å². The van der Waals surface area contributed by atoms with Gasteiger partial charge in [-0.05, 0) is 12.1 Å². The molecule has 1 nitrogen and oxygen atoms in total. The lowest BCUT2D eigenvalue weighted by molar-refractivity contribution is 0.202. The molecule has 0 fully saturated rings. The third-order valence-electron chi connectivity index (χ3n) is 1.56. The summed E-state index contributed by atoms with van der Waals surface area (Å²) in [5, 5.41) is 9.38. The van der Waals surface area contributed by atoms with E-state index in [2.05, 4.69) is 0 Å². The van der Waals surface area contributed by atoms with Gasteiger partial charge in [-0.1, -0.05) is 23.2 Å². The van der Waals surface area contributed by atoms with Crippen LogP contribution in [0.25, 0.3) is 0 Å². The number of alkyl halides is 1. The van der Waals surface area contributed by atoms with Crippen LogP contribution in [0.4, 0.5) is 4.39 Å². The molecule has 0 saturated carbocycles. The fourth-order valence-electron chi connectivity index (χ4n) is 0.925. The zero-order valence-electron chi connectivity index (χ0n) is 6.40. The minimum atomic E-state index is -1.04. The van der Waals surface area contributed by atoms with Gasteiger partial charge in [0.05, 0.1) is 17.0 Å². The van der Waals surface area contributed by atoms with Gasteiger partial charge in [-0.15, -0.1) is 11.6 Å². The molecule has 72 valence electrons. The molecule has 1 atom stereocenters.